The zero-order chi connectivity index (χ0) is 11.5. The molecule has 16 heavy (non-hydrogen) atoms. The van der Waals surface area contributed by atoms with Gasteiger partial charge in [0.25, 0.3) is 0 Å². The summed E-state index contributed by atoms with van der Waals surface area (Å²) in [6, 6.07) is 3.18. The van der Waals surface area contributed by atoms with E-state index in [4.69, 9.17) is 4.74 Å². The Morgan fingerprint density at radius 1 is 1.50 bits per heavy atom. The first-order valence-electron chi connectivity index (χ1n) is 5.85. The number of fused-ring (bicyclic) bond motifs is 1. The maximum Gasteiger partial charge on any atom is 0.146 e. The molecular weight excluding hydrogens is 205 g/mol. The number of benzene rings is 1. The molecule has 0 bridgehead atoms. The van der Waals surface area contributed by atoms with Gasteiger partial charge in [-0.15, -0.1) is 0 Å². The van der Waals surface area contributed by atoms with Crippen LogP contribution in [0.5, 0.6) is 5.75 Å². The Morgan fingerprint density at radius 2 is 2.31 bits per heavy atom. The molecule has 0 saturated carbocycles. The number of nitrogens with one attached hydrogen (secondary N) is 1. The van der Waals surface area contributed by atoms with E-state index in [1.807, 2.05) is 0 Å². The number of methoxy groups -OCH3 is 1. The smallest absolute Gasteiger partial charge is 0.146 e. The molecule has 0 fully saturated rings. The highest BCUT2D eigenvalue weighted by atomic mass is 19.1. The Balaban J connectivity index is 2.31. The van der Waals surface area contributed by atoms with Crippen LogP contribution in [0.1, 0.15) is 25.3 Å². The average Bonchev–Trinajstić information content (AvgIpc) is 2.30. The minimum atomic E-state index is -0.175. The van der Waals surface area contributed by atoms with Gasteiger partial charge in [0.1, 0.15) is 11.6 Å². The highest BCUT2D eigenvalue weighted by Crippen LogP contribution is 2.35. The van der Waals surface area contributed by atoms with E-state index in [-0.39, 0.29) is 5.82 Å². The van der Waals surface area contributed by atoms with Crippen molar-refractivity contribution in [3.63, 3.8) is 0 Å². The number of anilines is 1. The van der Waals surface area contributed by atoms with E-state index >= 15 is 0 Å². The summed E-state index contributed by atoms with van der Waals surface area (Å²) in [6.45, 7) is 3.04. The van der Waals surface area contributed by atoms with E-state index in [2.05, 4.69) is 12.2 Å². The largest absolute Gasteiger partial charge is 0.496 e. The van der Waals surface area contributed by atoms with Crippen LogP contribution < -0.4 is 10.1 Å². The fourth-order valence-electron chi connectivity index (χ4n) is 2.40. The zero-order valence-electron chi connectivity index (χ0n) is 9.85. The van der Waals surface area contributed by atoms with Gasteiger partial charge in [-0.05, 0) is 30.9 Å². The fourth-order valence-corrected chi connectivity index (χ4v) is 2.40. The van der Waals surface area contributed by atoms with Crippen LogP contribution in [0.2, 0.25) is 0 Å². The first-order chi connectivity index (χ1) is 7.76. The van der Waals surface area contributed by atoms with Crippen molar-refractivity contribution < 1.29 is 9.13 Å². The van der Waals surface area contributed by atoms with Gasteiger partial charge in [-0.25, -0.2) is 4.39 Å². The van der Waals surface area contributed by atoms with Gasteiger partial charge in [0.05, 0.1) is 12.8 Å². The minimum Gasteiger partial charge on any atom is -0.496 e. The molecule has 2 rings (SSSR count). The molecule has 1 atom stereocenters. The Bertz CT molecular complexity index is 378. The van der Waals surface area contributed by atoms with Gasteiger partial charge in [0.2, 0.25) is 0 Å². The van der Waals surface area contributed by atoms with Gasteiger partial charge >= 0.3 is 0 Å². The highest BCUT2D eigenvalue weighted by Gasteiger charge is 2.23. The quantitative estimate of drug-likeness (QED) is 0.849. The second kappa shape index (κ2) is 4.73. The molecule has 1 N–H and O–H groups in total. The van der Waals surface area contributed by atoms with Gasteiger partial charge < -0.3 is 10.1 Å². The van der Waals surface area contributed by atoms with Crippen LogP contribution in [0, 0.1) is 11.7 Å². The molecule has 0 amide bonds. The summed E-state index contributed by atoms with van der Waals surface area (Å²) < 4.78 is 18.9. The lowest BCUT2D eigenvalue weighted by atomic mass is 9.90. The number of halogens is 1. The monoisotopic (exact) mass is 223 g/mol. The Labute approximate surface area is 95.8 Å². The summed E-state index contributed by atoms with van der Waals surface area (Å²) in [4.78, 5) is 0. The van der Waals surface area contributed by atoms with Gasteiger partial charge in [-0.2, -0.15) is 0 Å². The predicted octanol–water partition coefficient (Wildman–Crippen LogP) is 3.22. The van der Waals surface area contributed by atoms with Gasteiger partial charge in [-0.1, -0.05) is 13.3 Å². The Hall–Kier alpha value is -1.25. The third kappa shape index (κ3) is 1.99. The molecule has 1 aliphatic rings. The van der Waals surface area contributed by atoms with Crippen molar-refractivity contribution in [2.75, 3.05) is 19.0 Å². The molecule has 1 aromatic rings. The van der Waals surface area contributed by atoms with Crippen molar-refractivity contribution in [2.24, 2.45) is 5.92 Å². The van der Waals surface area contributed by atoms with Crippen LogP contribution >= 0.6 is 0 Å². The molecule has 3 heteroatoms. The lowest BCUT2D eigenvalue weighted by molar-refractivity contribution is 0.397. The predicted molar refractivity (Wildman–Crippen MR) is 63.5 cm³/mol. The second-order valence-electron chi connectivity index (χ2n) is 4.34. The van der Waals surface area contributed by atoms with Crippen LogP contribution in [-0.4, -0.2) is 13.7 Å². The van der Waals surface area contributed by atoms with E-state index < -0.39 is 0 Å². The van der Waals surface area contributed by atoms with Crippen molar-refractivity contribution in [2.45, 2.75) is 26.2 Å². The molecule has 88 valence electrons. The number of rotatable bonds is 3. The fraction of sp³-hybridized carbons (Fsp3) is 0.538. The van der Waals surface area contributed by atoms with E-state index in [1.165, 1.54) is 18.9 Å². The van der Waals surface area contributed by atoms with Crippen molar-refractivity contribution >= 4 is 5.69 Å². The Morgan fingerprint density at radius 3 is 3.00 bits per heavy atom. The highest BCUT2D eigenvalue weighted by molar-refractivity contribution is 5.60. The summed E-state index contributed by atoms with van der Waals surface area (Å²) in [5, 5.41) is 3.19. The molecule has 0 saturated heterocycles. The first kappa shape index (κ1) is 11.2. The van der Waals surface area contributed by atoms with Crippen LogP contribution in [0.4, 0.5) is 10.1 Å². The molecule has 1 aromatic carbocycles. The van der Waals surface area contributed by atoms with Gasteiger partial charge in [0.15, 0.2) is 0 Å². The lowest BCUT2D eigenvalue weighted by Crippen LogP contribution is -2.24. The van der Waals surface area contributed by atoms with E-state index in [0.717, 1.165) is 24.3 Å². The van der Waals surface area contributed by atoms with Crippen LogP contribution in [-0.2, 0) is 6.42 Å². The molecule has 0 aromatic heterocycles. The SMILES string of the molecule is CCCC1CNc2c(F)ccc(OC)c2C1. The van der Waals surface area contributed by atoms with Crippen LogP contribution in [0.3, 0.4) is 0 Å². The average molecular weight is 223 g/mol. The molecule has 1 unspecified atom stereocenters. The first-order valence-corrected chi connectivity index (χ1v) is 5.85. The summed E-state index contributed by atoms with van der Waals surface area (Å²) >= 11 is 0. The van der Waals surface area contributed by atoms with E-state index in [1.54, 1.807) is 13.2 Å². The van der Waals surface area contributed by atoms with Crippen molar-refractivity contribution in [3.05, 3.63) is 23.5 Å². The van der Waals surface area contributed by atoms with Gasteiger partial charge in [-0.3, -0.25) is 0 Å². The normalized spacial score (nSPS) is 18.8. The standard InChI is InChI=1S/C13H18FNO/c1-3-4-9-7-10-12(16-2)6-5-11(14)13(10)15-8-9/h5-6,9,15H,3-4,7-8H2,1-2H3. The Kier molecular flexibility index (Phi) is 3.32. The lowest BCUT2D eigenvalue weighted by Gasteiger charge is -2.27. The van der Waals surface area contributed by atoms with E-state index in [0.29, 0.717) is 11.6 Å². The molecular formula is C13H18FNO. The summed E-state index contributed by atoms with van der Waals surface area (Å²) in [5.74, 6) is 1.21. The number of hydrogen-bond acceptors (Lipinski definition) is 2. The van der Waals surface area contributed by atoms with Crippen molar-refractivity contribution in [1.82, 2.24) is 0 Å². The minimum absolute atomic E-state index is 0.175. The number of ether oxygens (including phenoxy) is 1. The van der Waals surface area contributed by atoms with Crippen LogP contribution in [0.15, 0.2) is 12.1 Å². The van der Waals surface area contributed by atoms with Crippen molar-refractivity contribution in [3.8, 4) is 5.75 Å². The van der Waals surface area contributed by atoms with Gasteiger partial charge in [0, 0.05) is 12.1 Å². The number of hydrogen-bond donors (Lipinski definition) is 1. The summed E-state index contributed by atoms with van der Waals surface area (Å²) in [7, 11) is 1.64. The molecule has 0 spiro atoms. The maximum atomic E-state index is 13.6. The second-order valence-corrected chi connectivity index (χ2v) is 4.34. The third-order valence-electron chi connectivity index (χ3n) is 3.20. The third-order valence-corrected chi connectivity index (χ3v) is 3.20. The topological polar surface area (TPSA) is 21.3 Å². The summed E-state index contributed by atoms with van der Waals surface area (Å²) in [6.07, 6.45) is 3.25. The molecule has 1 heterocycles. The maximum absolute atomic E-state index is 13.6. The van der Waals surface area contributed by atoms with Crippen LogP contribution in [0.25, 0.3) is 0 Å². The zero-order valence-corrected chi connectivity index (χ0v) is 9.85. The van der Waals surface area contributed by atoms with E-state index in [9.17, 15) is 4.39 Å². The van der Waals surface area contributed by atoms with Crippen molar-refractivity contribution in [1.29, 1.82) is 0 Å². The summed E-state index contributed by atoms with van der Waals surface area (Å²) in [5.41, 5.74) is 1.62. The molecule has 2 nitrogen and oxygen atoms in total. The molecule has 0 aliphatic carbocycles. The molecule has 0 radical (unpaired) electrons. The molecule has 1 aliphatic heterocycles.